The van der Waals surface area contributed by atoms with Gasteiger partial charge in [-0.25, -0.2) is 10.0 Å². The number of ether oxygens (including phenoxy) is 2. The van der Waals surface area contributed by atoms with Gasteiger partial charge in [-0.1, -0.05) is 6.07 Å². The Morgan fingerprint density at radius 3 is 2.67 bits per heavy atom. The third kappa shape index (κ3) is 5.50. The van der Waals surface area contributed by atoms with Gasteiger partial charge in [0.15, 0.2) is 0 Å². The maximum absolute atomic E-state index is 12.6. The molecule has 2 atom stereocenters. The van der Waals surface area contributed by atoms with Crippen LogP contribution < -0.4 is 15.8 Å². The van der Waals surface area contributed by atoms with Crippen LogP contribution in [0, 0.1) is 11.8 Å². The molecule has 2 amide bonds. The van der Waals surface area contributed by atoms with Gasteiger partial charge in [-0.05, 0) is 41.8 Å². The van der Waals surface area contributed by atoms with Crippen LogP contribution in [0.2, 0.25) is 0 Å². The van der Waals surface area contributed by atoms with Crippen molar-refractivity contribution in [3.05, 3.63) is 42.1 Å². The number of anilines is 1. The van der Waals surface area contributed by atoms with Crippen molar-refractivity contribution in [1.82, 2.24) is 10.0 Å². The van der Waals surface area contributed by atoms with Crippen molar-refractivity contribution in [3.63, 3.8) is 0 Å². The molecule has 1 aromatic carbocycles. The monoisotopic (exact) mass is 454 g/mol. The number of hydroxylamine groups is 2. The van der Waals surface area contributed by atoms with Gasteiger partial charge in [-0.15, -0.1) is 0 Å². The first kappa shape index (κ1) is 23.2. The van der Waals surface area contributed by atoms with Gasteiger partial charge >= 0.3 is 0 Å². The summed E-state index contributed by atoms with van der Waals surface area (Å²) in [4.78, 5) is 33.9. The molecule has 4 rings (SSSR count). The van der Waals surface area contributed by atoms with Gasteiger partial charge in [-0.2, -0.15) is 0 Å². The summed E-state index contributed by atoms with van der Waals surface area (Å²) < 4.78 is 11.6. The van der Waals surface area contributed by atoms with Crippen LogP contribution in [0.4, 0.5) is 5.82 Å². The highest BCUT2D eigenvalue weighted by Gasteiger charge is 2.49. The largest absolute Gasteiger partial charge is 0.490 e. The fourth-order valence-electron chi connectivity index (χ4n) is 3.99. The van der Waals surface area contributed by atoms with Gasteiger partial charge in [0.1, 0.15) is 17.7 Å². The van der Waals surface area contributed by atoms with Crippen LogP contribution in [-0.2, 0) is 25.7 Å². The lowest BCUT2D eigenvalue weighted by atomic mass is 10.0. The highest BCUT2D eigenvalue weighted by molar-refractivity contribution is 5.99. The molecule has 1 aliphatic carbocycles. The summed E-state index contributed by atoms with van der Waals surface area (Å²) in [6, 6.07) is 9.61. The normalized spacial score (nSPS) is 20.2. The van der Waals surface area contributed by atoms with E-state index in [-0.39, 0.29) is 29.8 Å². The van der Waals surface area contributed by atoms with Gasteiger partial charge in [0.25, 0.3) is 0 Å². The number of rotatable bonds is 8. The minimum absolute atomic E-state index is 0.138. The minimum atomic E-state index is -0.369. The SMILES string of the molecule is CON(C)C(=O)[C@@H]1C[C@H]1C(=O)Nc1cc(-c2ccc(OC3CCOCC3)c(CN)c2)ccn1. The van der Waals surface area contributed by atoms with E-state index in [0.717, 1.165) is 40.3 Å². The Morgan fingerprint density at radius 1 is 1.18 bits per heavy atom. The molecule has 2 aliphatic rings. The van der Waals surface area contributed by atoms with E-state index in [2.05, 4.69) is 10.3 Å². The number of nitrogens with one attached hydrogen (secondary N) is 1. The smallest absolute Gasteiger partial charge is 0.249 e. The molecule has 3 N–H and O–H groups in total. The third-order valence-corrected chi connectivity index (χ3v) is 6.12. The Kier molecular flexibility index (Phi) is 7.22. The molecule has 9 nitrogen and oxygen atoms in total. The molecular formula is C24H30N4O5. The predicted molar refractivity (Wildman–Crippen MR) is 122 cm³/mol. The summed E-state index contributed by atoms with van der Waals surface area (Å²) in [5.74, 6) is 0.0929. The molecule has 0 bridgehead atoms. The molecule has 176 valence electrons. The zero-order chi connectivity index (χ0) is 23.4. The first-order valence-corrected chi connectivity index (χ1v) is 11.2. The van der Waals surface area contributed by atoms with Crippen molar-refractivity contribution in [2.24, 2.45) is 17.6 Å². The van der Waals surface area contributed by atoms with E-state index in [1.807, 2.05) is 30.3 Å². The number of benzene rings is 1. The van der Waals surface area contributed by atoms with Gasteiger partial charge < -0.3 is 20.5 Å². The lowest BCUT2D eigenvalue weighted by molar-refractivity contribution is -0.170. The summed E-state index contributed by atoms with van der Waals surface area (Å²) in [5, 5.41) is 3.98. The molecule has 2 fully saturated rings. The van der Waals surface area contributed by atoms with Gasteiger partial charge in [0, 0.05) is 38.2 Å². The van der Waals surface area contributed by atoms with E-state index in [0.29, 0.717) is 32.0 Å². The molecule has 9 heteroatoms. The number of carbonyl (C=O) groups excluding carboxylic acids is 2. The van der Waals surface area contributed by atoms with E-state index < -0.39 is 0 Å². The Hall–Kier alpha value is -3.01. The lowest BCUT2D eigenvalue weighted by Crippen LogP contribution is -2.29. The highest BCUT2D eigenvalue weighted by Crippen LogP contribution is 2.40. The van der Waals surface area contributed by atoms with Crippen molar-refractivity contribution < 1.29 is 23.9 Å². The minimum Gasteiger partial charge on any atom is -0.490 e. The highest BCUT2D eigenvalue weighted by atomic mass is 16.7. The summed E-state index contributed by atoms with van der Waals surface area (Å²) in [6.07, 6.45) is 4.03. The number of nitrogens with two attached hydrogens (primary N) is 1. The molecule has 33 heavy (non-hydrogen) atoms. The van der Waals surface area contributed by atoms with Crippen LogP contribution in [0.3, 0.4) is 0 Å². The molecule has 2 aromatic rings. The number of nitrogens with zero attached hydrogens (tertiary/aromatic N) is 2. The zero-order valence-electron chi connectivity index (χ0n) is 19.0. The summed E-state index contributed by atoms with van der Waals surface area (Å²) in [6.45, 7) is 1.78. The fraction of sp³-hybridized carbons (Fsp3) is 0.458. The van der Waals surface area contributed by atoms with Crippen LogP contribution in [-0.4, -0.2) is 55.3 Å². The average Bonchev–Trinajstić information content (AvgIpc) is 3.65. The van der Waals surface area contributed by atoms with Gasteiger partial charge in [0.2, 0.25) is 11.8 Å². The van der Waals surface area contributed by atoms with Crippen LogP contribution >= 0.6 is 0 Å². The predicted octanol–water partition coefficient (Wildman–Crippen LogP) is 2.36. The molecule has 1 saturated heterocycles. The van der Waals surface area contributed by atoms with Crippen LogP contribution in [0.5, 0.6) is 5.75 Å². The average molecular weight is 455 g/mol. The Morgan fingerprint density at radius 2 is 1.94 bits per heavy atom. The molecule has 0 unspecified atom stereocenters. The summed E-state index contributed by atoms with van der Waals surface area (Å²) in [5.41, 5.74) is 8.76. The quantitative estimate of drug-likeness (QED) is 0.588. The van der Waals surface area contributed by atoms with Crippen molar-refractivity contribution in [2.75, 3.05) is 32.7 Å². The second-order valence-electron chi connectivity index (χ2n) is 8.34. The molecule has 0 spiro atoms. The molecule has 1 aromatic heterocycles. The Bertz CT molecular complexity index is 1010. The standard InChI is InChI=1S/C24H30N4O5/c1-28(31-2)24(30)20-13-19(20)23(29)27-22-12-16(5-8-26-22)15-3-4-21(17(11-15)14-25)33-18-6-9-32-10-7-18/h3-5,8,11-12,18-20H,6-7,9-10,13-14,25H2,1-2H3,(H,26,27,29)/t19-,20-/m1/s1. The molecular weight excluding hydrogens is 424 g/mol. The number of carbonyl (C=O) groups is 2. The van der Waals surface area contributed by atoms with Crippen molar-refractivity contribution in [1.29, 1.82) is 0 Å². The lowest BCUT2D eigenvalue weighted by Gasteiger charge is -2.24. The third-order valence-electron chi connectivity index (χ3n) is 6.12. The number of hydrogen-bond donors (Lipinski definition) is 2. The maximum Gasteiger partial charge on any atom is 0.249 e. The molecule has 1 aliphatic heterocycles. The first-order valence-electron chi connectivity index (χ1n) is 11.2. The second-order valence-corrected chi connectivity index (χ2v) is 8.34. The number of aromatic nitrogens is 1. The van der Waals surface area contributed by atoms with Gasteiger partial charge in [0.05, 0.1) is 32.2 Å². The van der Waals surface area contributed by atoms with Crippen LogP contribution in [0.15, 0.2) is 36.5 Å². The Labute approximate surface area is 193 Å². The van der Waals surface area contributed by atoms with Gasteiger partial charge in [-0.3, -0.25) is 14.4 Å². The first-order chi connectivity index (χ1) is 16.0. The van der Waals surface area contributed by atoms with E-state index >= 15 is 0 Å². The van der Waals surface area contributed by atoms with E-state index in [1.165, 1.54) is 14.2 Å². The van der Waals surface area contributed by atoms with E-state index in [4.69, 9.17) is 20.0 Å². The summed E-state index contributed by atoms with van der Waals surface area (Å²) in [7, 11) is 2.96. The van der Waals surface area contributed by atoms with E-state index in [9.17, 15) is 9.59 Å². The molecule has 1 saturated carbocycles. The van der Waals surface area contributed by atoms with Crippen LogP contribution in [0.25, 0.3) is 11.1 Å². The van der Waals surface area contributed by atoms with E-state index in [1.54, 1.807) is 6.20 Å². The molecule has 0 radical (unpaired) electrons. The second kappa shape index (κ2) is 10.3. The number of pyridine rings is 1. The maximum atomic E-state index is 12.6. The van der Waals surface area contributed by atoms with Crippen molar-refractivity contribution >= 4 is 17.6 Å². The Balaban J connectivity index is 1.43. The summed E-state index contributed by atoms with van der Waals surface area (Å²) >= 11 is 0. The van der Waals surface area contributed by atoms with Crippen molar-refractivity contribution in [3.8, 4) is 16.9 Å². The topological polar surface area (TPSA) is 116 Å². The molecule has 2 heterocycles. The van der Waals surface area contributed by atoms with Crippen LogP contribution in [0.1, 0.15) is 24.8 Å². The zero-order valence-corrected chi connectivity index (χ0v) is 19.0. The van der Waals surface area contributed by atoms with Crippen molar-refractivity contribution in [2.45, 2.75) is 31.9 Å². The fourth-order valence-corrected chi connectivity index (χ4v) is 3.99. The number of amides is 2. The number of hydrogen-bond acceptors (Lipinski definition) is 7.